The Morgan fingerprint density at radius 3 is 2.61 bits per heavy atom. The van der Waals surface area contributed by atoms with E-state index in [1.165, 1.54) is 5.69 Å². The first-order chi connectivity index (χ1) is 11.3. The molecule has 0 saturated heterocycles. The van der Waals surface area contributed by atoms with Crippen molar-refractivity contribution in [2.24, 2.45) is 12.0 Å². The molecular formula is C19H22N4. The minimum atomic E-state index is 0.806. The summed E-state index contributed by atoms with van der Waals surface area (Å²) in [6.45, 7) is 1.80. The van der Waals surface area contributed by atoms with Gasteiger partial charge in [0.1, 0.15) is 0 Å². The Balaban J connectivity index is 1.54. The third kappa shape index (κ3) is 3.59. The van der Waals surface area contributed by atoms with Gasteiger partial charge in [0.05, 0.1) is 17.2 Å². The Morgan fingerprint density at radius 2 is 1.83 bits per heavy atom. The third-order valence-electron chi connectivity index (χ3n) is 4.01. The van der Waals surface area contributed by atoms with E-state index in [9.17, 15) is 0 Å². The molecule has 0 aliphatic rings. The van der Waals surface area contributed by atoms with Crippen molar-refractivity contribution in [3.63, 3.8) is 0 Å². The van der Waals surface area contributed by atoms with Crippen LogP contribution in [0.1, 0.15) is 12.2 Å². The van der Waals surface area contributed by atoms with E-state index in [0.717, 1.165) is 36.4 Å². The topological polar surface area (TPSA) is 33.4 Å². The molecule has 2 aromatic carbocycles. The maximum Gasteiger partial charge on any atom is 0.151 e. The van der Waals surface area contributed by atoms with E-state index < -0.39 is 0 Å². The van der Waals surface area contributed by atoms with Gasteiger partial charge in [-0.2, -0.15) is 0 Å². The summed E-state index contributed by atoms with van der Waals surface area (Å²) in [4.78, 5) is 11.4. The molecule has 0 aliphatic heterocycles. The number of fused-ring (bicyclic) bond motifs is 1. The lowest BCUT2D eigenvalue weighted by atomic mass is 10.3. The van der Waals surface area contributed by atoms with Crippen LogP contribution in [0.2, 0.25) is 0 Å². The zero-order valence-corrected chi connectivity index (χ0v) is 13.7. The van der Waals surface area contributed by atoms with Crippen molar-refractivity contribution in [3.8, 4) is 0 Å². The van der Waals surface area contributed by atoms with Crippen LogP contribution < -0.4 is 4.90 Å². The molecule has 0 amide bonds. The first-order valence-electron chi connectivity index (χ1n) is 7.93. The Kier molecular flexibility index (Phi) is 4.71. The predicted molar refractivity (Wildman–Crippen MR) is 97.5 cm³/mol. The van der Waals surface area contributed by atoms with Crippen molar-refractivity contribution < 1.29 is 0 Å². The molecule has 0 unspecified atom stereocenters. The van der Waals surface area contributed by atoms with Crippen molar-refractivity contribution in [2.45, 2.75) is 6.42 Å². The first-order valence-corrected chi connectivity index (χ1v) is 7.93. The van der Waals surface area contributed by atoms with E-state index in [0.29, 0.717) is 0 Å². The van der Waals surface area contributed by atoms with Crippen LogP contribution in [-0.2, 0) is 7.05 Å². The van der Waals surface area contributed by atoms with Crippen molar-refractivity contribution >= 4 is 22.9 Å². The summed E-state index contributed by atoms with van der Waals surface area (Å²) in [6.07, 6.45) is 2.90. The Labute approximate surface area is 137 Å². The van der Waals surface area contributed by atoms with Crippen LogP contribution in [0, 0.1) is 0 Å². The number of aliphatic imine (C=N–C) groups is 1. The monoisotopic (exact) mass is 306 g/mol. The van der Waals surface area contributed by atoms with Crippen molar-refractivity contribution in [1.82, 2.24) is 9.55 Å². The van der Waals surface area contributed by atoms with Crippen LogP contribution >= 0.6 is 0 Å². The number of hydrogen-bond acceptors (Lipinski definition) is 3. The minimum absolute atomic E-state index is 0.806. The predicted octanol–water partition coefficient (Wildman–Crippen LogP) is 3.52. The lowest BCUT2D eigenvalue weighted by Gasteiger charge is -2.18. The number of benzene rings is 2. The molecule has 0 spiro atoms. The van der Waals surface area contributed by atoms with Gasteiger partial charge in [-0.1, -0.05) is 30.3 Å². The standard InChI is InChI=1S/C19H22N4/c1-22(16-9-4-3-5-10-16)14-8-13-20-15-19-21-17-11-6-7-12-18(17)23(19)2/h3-7,9-12,15H,8,13-14H2,1-2H3/b20-15+. The number of imidazole rings is 1. The fourth-order valence-electron chi connectivity index (χ4n) is 2.64. The second-order valence-electron chi connectivity index (χ2n) is 5.66. The Morgan fingerprint density at radius 1 is 1.09 bits per heavy atom. The molecule has 0 fully saturated rings. The third-order valence-corrected chi connectivity index (χ3v) is 4.01. The summed E-state index contributed by atoms with van der Waals surface area (Å²) in [5.41, 5.74) is 3.39. The molecule has 0 aliphatic carbocycles. The van der Waals surface area contributed by atoms with E-state index in [1.54, 1.807) is 0 Å². The average Bonchev–Trinajstić information content (AvgIpc) is 2.92. The molecule has 4 heteroatoms. The first kappa shape index (κ1) is 15.3. The highest BCUT2D eigenvalue weighted by Gasteiger charge is 2.04. The largest absolute Gasteiger partial charge is 0.375 e. The molecule has 0 radical (unpaired) electrons. The highest BCUT2D eigenvalue weighted by molar-refractivity contribution is 5.84. The zero-order valence-electron chi connectivity index (χ0n) is 13.7. The second kappa shape index (κ2) is 7.09. The summed E-state index contributed by atoms with van der Waals surface area (Å²) in [7, 11) is 4.14. The average molecular weight is 306 g/mol. The molecule has 1 heterocycles. The van der Waals surface area contributed by atoms with Gasteiger partial charge in [-0.25, -0.2) is 4.98 Å². The van der Waals surface area contributed by atoms with E-state index in [4.69, 9.17) is 0 Å². The zero-order chi connectivity index (χ0) is 16.1. The van der Waals surface area contributed by atoms with Crippen LogP contribution in [-0.4, -0.2) is 35.9 Å². The number of para-hydroxylation sites is 3. The molecule has 0 atom stereocenters. The van der Waals surface area contributed by atoms with Crippen molar-refractivity contribution in [3.05, 3.63) is 60.4 Å². The number of hydrogen-bond donors (Lipinski definition) is 0. The van der Waals surface area contributed by atoms with Crippen LogP contribution in [0.15, 0.2) is 59.6 Å². The lowest BCUT2D eigenvalue weighted by molar-refractivity contribution is 0.797. The minimum Gasteiger partial charge on any atom is -0.375 e. The molecule has 3 rings (SSSR count). The molecule has 23 heavy (non-hydrogen) atoms. The number of rotatable bonds is 6. The van der Waals surface area contributed by atoms with Crippen molar-refractivity contribution in [1.29, 1.82) is 0 Å². The van der Waals surface area contributed by atoms with E-state index in [-0.39, 0.29) is 0 Å². The van der Waals surface area contributed by atoms with Gasteiger partial charge in [0, 0.05) is 32.9 Å². The molecule has 118 valence electrons. The van der Waals surface area contributed by atoms with Crippen LogP contribution in [0.3, 0.4) is 0 Å². The fourth-order valence-corrected chi connectivity index (χ4v) is 2.64. The van der Waals surface area contributed by atoms with E-state index >= 15 is 0 Å². The SMILES string of the molecule is CN(CCC/N=C/c1nc2ccccc2n1C)c1ccccc1. The molecule has 3 aromatic rings. The number of anilines is 1. The molecule has 1 aromatic heterocycles. The summed E-state index contributed by atoms with van der Waals surface area (Å²) in [5, 5.41) is 0. The van der Waals surface area contributed by atoms with Gasteiger partial charge in [0.2, 0.25) is 0 Å². The summed E-state index contributed by atoms with van der Waals surface area (Å²) < 4.78 is 2.08. The van der Waals surface area contributed by atoms with Crippen LogP contribution in [0.4, 0.5) is 5.69 Å². The lowest BCUT2D eigenvalue weighted by Crippen LogP contribution is -2.18. The second-order valence-corrected chi connectivity index (χ2v) is 5.66. The van der Waals surface area contributed by atoms with Gasteiger partial charge in [-0.05, 0) is 30.7 Å². The molecular weight excluding hydrogens is 284 g/mol. The van der Waals surface area contributed by atoms with Gasteiger partial charge in [-0.3, -0.25) is 4.99 Å². The van der Waals surface area contributed by atoms with E-state index in [1.807, 2.05) is 37.5 Å². The van der Waals surface area contributed by atoms with Gasteiger partial charge < -0.3 is 9.47 Å². The van der Waals surface area contributed by atoms with Gasteiger partial charge in [0.15, 0.2) is 5.82 Å². The van der Waals surface area contributed by atoms with Crippen LogP contribution in [0.25, 0.3) is 11.0 Å². The highest BCUT2D eigenvalue weighted by Crippen LogP contribution is 2.13. The Bertz CT molecular complexity index is 789. The van der Waals surface area contributed by atoms with Gasteiger partial charge >= 0.3 is 0 Å². The highest BCUT2D eigenvalue weighted by atomic mass is 15.1. The van der Waals surface area contributed by atoms with Gasteiger partial charge in [0.25, 0.3) is 0 Å². The van der Waals surface area contributed by atoms with Crippen LogP contribution in [0.5, 0.6) is 0 Å². The van der Waals surface area contributed by atoms with Gasteiger partial charge in [-0.15, -0.1) is 0 Å². The Hall–Kier alpha value is -2.62. The quantitative estimate of drug-likeness (QED) is 0.516. The summed E-state index contributed by atoms with van der Waals surface area (Å²) in [5.74, 6) is 0.905. The molecule has 0 N–H and O–H groups in total. The molecule has 0 bridgehead atoms. The number of nitrogens with zero attached hydrogens (tertiary/aromatic N) is 4. The van der Waals surface area contributed by atoms with Crippen molar-refractivity contribution in [2.75, 3.05) is 25.0 Å². The normalized spacial score (nSPS) is 11.4. The number of aryl methyl sites for hydroxylation is 1. The molecule has 4 nitrogen and oxygen atoms in total. The molecule has 0 saturated carbocycles. The maximum absolute atomic E-state index is 4.60. The van der Waals surface area contributed by atoms with E-state index in [2.05, 4.69) is 56.8 Å². The summed E-state index contributed by atoms with van der Waals surface area (Å²) in [6, 6.07) is 18.6. The smallest absolute Gasteiger partial charge is 0.151 e. The summed E-state index contributed by atoms with van der Waals surface area (Å²) >= 11 is 0. The maximum atomic E-state index is 4.60. The fraction of sp³-hybridized carbons (Fsp3) is 0.263. The number of aromatic nitrogens is 2.